The van der Waals surface area contributed by atoms with Crippen molar-refractivity contribution in [3.63, 3.8) is 0 Å². The van der Waals surface area contributed by atoms with E-state index in [4.69, 9.17) is 0 Å². The predicted octanol–water partition coefficient (Wildman–Crippen LogP) is 1.37. The van der Waals surface area contributed by atoms with Crippen LogP contribution in [0, 0.1) is 12.8 Å². The van der Waals surface area contributed by atoms with Gasteiger partial charge in [0.05, 0.1) is 11.9 Å². The zero-order valence-electron chi connectivity index (χ0n) is 11.9. The summed E-state index contributed by atoms with van der Waals surface area (Å²) in [6.07, 6.45) is 5.23. The van der Waals surface area contributed by atoms with Crippen LogP contribution in [-0.2, 0) is 4.79 Å². The van der Waals surface area contributed by atoms with Gasteiger partial charge in [0.25, 0.3) is 0 Å². The number of hydrogen-bond donors (Lipinski definition) is 2. The van der Waals surface area contributed by atoms with Gasteiger partial charge in [-0.15, -0.1) is 0 Å². The maximum absolute atomic E-state index is 11.9. The summed E-state index contributed by atoms with van der Waals surface area (Å²) < 4.78 is 1.88. The summed E-state index contributed by atoms with van der Waals surface area (Å²) in [5, 5.41) is 5.83. The van der Waals surface area contributed by atoms with Crippen LogP contribution in [0.4, 0.5) is 5.69 Å². The molecule has 2 aromatic rings. The van der Waals surface area contributed by atoms with Gasteiger partial charge < -0.3 is 10.6 Å². The van der Waals surface area contributed by atoms with Crippen molar-refractivity contribution in [3.8, 4) is 5.82 Å². The third-order valence-electron chi connectivity index (χ3n) is 3.05. The minimum absolute atomic E-state index is 0.0206. The van der Waals surface area contributed by atoms with Crippen molar-refractivity contribution in [2.45, 2.75) is 13.8 Å². The third kappa shape index (κ3) is 3.21. The largest absolute Gasteiger partial charge is 0.324 e. The van der Waals surface area contributed by atoms with Crippen LogP contribution in [0.25, 0.3) is 5.82 Å². The molecule has 0 fully saturated rings. The Morgan fingerprint density at radius 2 is 2.20 bits per heavy atom. The molecule has 1 unspecified atom stereocenters. The molecule has 2 aromatic heterocycles. The molecule has 2 heterocycles. The summed E-state index contributed by atoms with van der Waals surface area (Å²) in [4.78, 5) is 20.4. The Labute approximate surface area is 118 Å². The van der Waals surface area contributed by atoms with Crippen LogP contribution >= 0.6 is 0 Å². The Morgan fingerprint density at radius 1 is 1.40 bits per heavy atom. The fourth-order valence-corrected chi connectivity index (χ4v) is 1.89. The van der Waals surface area contributed by atoms with E-state index in [1.54, 1.807) is 12.4 Å². The Balaban J connectivity index is 2.06. The molecule has 1 atom stereocenters. The number of imidazole rings is 1. The third-order valence-corrected chi connectivity index (χ3v) is 3.05. The number of amides is 1. The Hall–Kier alpha value is -2.21. The van der Waals surface area contributed by atoms with Crippen molar-refractivity contribution >= 4 is 11.6 Å². The lowest BCUT2D eigenvalue weighted by atomic mass is 10.1. The Kier molecular flexibility index (Phi) is 4.47. The number of aromatic nitrogens is 3. The average Bonchev–Trinajstić information content (AvgIpc) is 2.86. The molecule has 106 valence electrons. The first-order valence-corrected chi connectivity index (χ1v) is 6.53. The van der Waals surface area contributed by atoms with Crippen LogP contribution in [0.1, 0.15) is 12.7 Å². The second kappa shape index (κ2) is 6.29. The van der Waals surface area contributed by atoms with Crippen molar-refractivity contribution in [2.75, 3.05) is 18.9 Å². The summed E-state index contributed by atoms with van der Waals surface area (Å²) in [5.41, 5.74) is 0.694. The number of nitrogens with one attached hydrogen (secondary N) is 2. The van der Waals surface area contributed by atoms with Gasteiger partial charge >= 0.3 is 0 Å². The number of carbonyl (C=O) groups excluding carboxylic acids is 1. The molecular weight excluding hydrogens is 254 g/mol. The van der Waals surface area contributed by atoms with E-state index in [-0.39, 0.29) is 11.8 Å². The molecule has 0 bridgehead atoms. The van der Waals surface area contributed by atoms with Gasteiger partial charge in [-0.25, -0.2) is 9.97 Å². The van der Waals surface area contributed by atoms with Crippen LogP contribution in [0.5, 0.6) is 0 Å². The lowest BCUT2D eigenvalue weighted by Gasteiger charge is -2.11. The lowest BCUT2D eigenvalue weighted by molar-refractivity contribution is -0.119. The van der Waals surface area contributed by atoms with Crippen molar-refractivity contribution in [3.05, 3.63) is 36.5 Å². The molecule has 1 amide bonds. The molecule has 20 heavy (non-hydrogen) atoms. The summed E-state index contributed by atoms with van der Waals surface area (Å²) in [6.45, 7) is 4.44. The minimum Gasteiger partial charge on any atom is -0.324 e. The van der Waals surface area contributed by atoms with Gasteiger partial charge in [0.15, 0.2) is 0 Å². The first kappa shape index (κ1) is 14.2. The highest BCUT2D eigenvalue weighted by Gasteiger charge is 2.12. The number of anilines is 1. The molecule has 2 rings (SSSR count). The van der Waals surface area contributed by atoms with Crippen molar-refractivity contribution in [2.24, 2.45) is 5.92 Å². The van der Waals surface area contributed by atoms with Gasteiger partial charge in [0, 0.05) is 24.9 Å². The molecule has 0 saturated carbocycles. The molecular formula is C14H19N5O. The predicted molar refractivity (Wildman–Crippen MR) is 77.8 cm³/mol. The maximum atomic E-state index is 11.9. The number of hydrogen-bond acceptors (Lipinski definition) is 4. The maximum Gasteiger partial charge on any atom is 0.228 e. The van der Waals surface area contributed by atoms with Gasteiger partial charge in [0.1, 0.15) is 11.6 Å². The first-order valence-electron chi connectivity index (χ1n) is 6.53. The molecule has 0 aromatic carbocycles. The number of nitrogens with zero attached hydrogens (tertiary/aromatic N) is 3. The van der Waals surface area contributed by atoms with Crippen LogP contribution in [0.2, 0.25) is 0 Å². The van der Waals surface area contributed by atoms with Crippen molar-refractivity contribution in [1.82, 2.24) is 19.9 Å². The molecule has 0 aliphatic rings. The fraction of sp³-hybridized carbons (Fsp3) is 0.357. The highest BCUT2D eigenvalue weighted by atomic mass is 16.1. The SMILES string of the molecule is CNCC(C)C(=O)Nc1ccc(-n2ccnc2C)nc1. The smallest absolute Gasteiger partial charge is 0.228 e. The van der Waals surface area contributed by atoms with Gasteiger partial charge in [-0.3, -0.25) is 9.36 Å². The van der Waals surface area contributed by atoms with E-state index in [1.807, 2.05) is 43.8 Å². The van der Waals surface area contributed by atoms with E-state index >= 15 is 0 Å². The van der Waals surface area contributed by atoms with Crippen LogP contribution in [0.3, 0.4) is 0 Å². The van der Waals surface area contributed by atoms with Gasteiger partial charge in [-0.2, -0.15) is 0 Å². The van der Waals surface area contributed by atoms with Crippen LogP contribution in [-0.4, -0.2) is 34.0 Å². The number of carbonyl (C=O) groups is 1. The monoisotopic (exact) mass is 273 g/mol. The van der Waals surface area contributed by atoms with E-state index in [0.717, 1.165) is 11.6 Å². The topological polar surface area (TPSA) is 71.8 Å². The number of pyridine rings is 1. The molecule has 0 spiro atoms. The molecule has 0 radical (unpaired) electrons. The molecule has 0 aliphatic heterocycles. The van der Waals surface area contributed by atoms with E-state index < -0.39 is 0 Å². The summed E-state index contributed by atoms with van der Waals surface area (Å²) in [5.74, 6) is 1.54. The van der Waals surface area contributed by atoms with Crippen molar-refractivity contribution < 1.29 is 4.79 Å². The normalized spacial score (nSPS) is 12.2. The number of aryl methyl sites for hydroxylation is 1. The second-order valence-electron chi connectivity index (χ2n) is 4.70. The zero-order chi connectivity index (χ0) is 14.5. The average molecular weight is 273 g/mol. The Bertz CT molecular complexity index is 576. The van der Waals surface area contributed by atoms with Gasteiger partial charge in [0.2, 0.25) is 5.91 Å². The van der Waals surface area contributed by atoms with E-state index in [2.05, 4.69) is 20.6 Å². The van der Waals surface area contributed by atoms with Crippen LogP contribution in [0.15, 0.2) is 30.7 Å². The van der Waals surface area contributed by atoms with E-state index in [0.29, 0.717) is 12.2 Å². The standard InChI is InChI=1S/C14H19N5O/c1-10(8-15-3)14(20)18-12-4-5-13(17-9-12)19-7-6-16-11(19)2/h4-7,9-10,15H,8H2,1-3H3,(H,18,20). The molecule has 0 saturated heterocycles. The highest BCUT2D eigenvalue weighted by molar-refractivity contribution is 5.92. The summed E-state index contributed by atoms with van der Waals surface area (Å²) in [7, 11) is 1.83. The quantitative estimate of drug-likeness (QED) is 0.863. The van der Waals surface area contributed by atoms with Crippen LogP contribution < -0.4 is 10.6 Å². The summed E-state index contributed by atoms with van der Waals surface area (Å²) in [6, 6.07) is 3.69. The first-order chi connectivity index (χ1) is 9.61. The number of rotatable bonds is 5. The van der Waals surface area contributed by atoms with E-state index in [1.165, 1.54) is 0 Å². The molecule has 2 N–H and O–H groups in total. The van der Waals surface area contributed by atoms with E-state index in [9.17, 15) is 4.79 Å². The highest BCUT2D eigenvalue weighted by Crippen LogP contribution is 2.12. The molecule has 6 heteroatoms. The van der Waals surface area contributed by atoms with Crippen molar-refractivity contribution in [1.29, 1.82) is 0 Å². The minimum atomic E-state index is -0.0874. The zero-order valence-corrected chi connectivity index (χ0v) is 11.9. The molecule has 6 nitrogen and oxygen atoms in total. The fourth-order valence-electron chi connectivity index (χ4n) is 1.89. The summed E-state index contributed by atoms with van der Waals surface area (Å²) >= 11 is 0. The lowest BCUT2D eigenvalue weighted by Crippen LogP contribution is -2.28. The second-order valence-corrected chi connectivity index (χ2v) is 4.70. The Morgan fingerprint density at radius 3 is 2.75 bits per heavy atom. The van der Waals surface area contributed by atoms with Gasteiger partial charge in [-0.05, 0) is 26.1 Å². The molecule has 0 aliphatic carbocycles. The van der Waals surface area contributed by atoms with Gasteiger partial charge in [-0.1, -0.05) is 6.92 Å².